The number of aliphatic imine (C=N–C) groups is 1. The van der Waals surface area contributed by atoms with Crippen LogP contribution in [0.3, 0.4) is 0 Å². The number of guanidine groups is 1. The van der Waals surface area contributed by atoms with Crippen molar-refractivity contribution in [1.29, 1.82) is 0 Å². The van der Waals surface area contributed by atoms with Crippen LogP contribution < -0.4 is 10.6 Å². The van der Waals surface area contributed by atoms with Gasteiger partial charge in [-0.2, -0.15) is 0 Å². The SMILES string of the molecule is CN=C(NCC(C)(C)C(=O)NC)N(C)Cc1ccc(Br)cc1. The van der Waals surface area contributed by atoms with Gasteiger partial charge in [0.25, 0.3) is 0 Å². The summed E-state index contributed by atoms with van der Waals surface area (Å²) < 4.78 is 1.06. The van der Waals surface area contributed by atoms with E-state index in [1.54, 1.807) is 14.1 Å². The molecule has 1 aromatic carbocycles. The number of hydrogen-bond donors (Lipinski definition) is 2. The number of carbonyl (C=O) groups is 1. The van der Waals surface area contributed by atoms with E-state index >= 15 is 0 Å². The molecule has 0 heterocycles. The number of hydrogen-bond acceptors (Lipinski definition) is 2. The molecule has 0 aliphatic rings. The Balaban J connectivity index is 2.64. The van der Waals surface area contributed by atoms with Gasteiger partial charge in [0, 0.05) is 38.7 Å². The third-order valence-corrected chi connectivity index (χ3v) is 3.97. The van der Waals surface area contributed by atoms with Gasteiger partial charge in [-0.3, -0.25) is 9.79 Å². The second kappa shape index (κ2) is 8.17. The van der Waals surface area contributed by atoms with E-state index in [1.807, 2.05) is 37.9 Å². The van der Waals surface area contributed by atoms with Gasteiger partial charge in [0.1, 0.15) is 0 Å². The summed E-state index contributed by atoms with van der Waals surface area (Å²) in [5.74, 6) is 0.769. The Hall–Kier alpha value is -1.56. The van der Waals surface area contributed by atoms with Crippen molar-refractivity contribution >= 4 is 27.8 Å². The van der Waals surface area contributed by atoms with Crippen LogP contribution >= 0.6 is 15.9 Å². The smallest absolute Gasteiger partial charge is 0.227 e. The minimum absolute atomic E-state index is 0.00557. The Labute approximate surface area is 141 Å². The van der Waals surface area contributed by atoms with Crippen LogP contribution in [-0.4, -0.2) is 44.5 Å². The van der Waals surface area contributed by atoms with Gasteiger partial charge in [-0.25, -0.2) is 0 Å². The molecular formula is C16H25BrN4O. The zero-order valence-corrected chi connectivity index (χ0v) is 15.5. The van der Waals surface area contributed by atoms with Gasteiger partial charge in [0.05, 0.1) is 5.41 Å². The highest BCUT2D eigenvalue weighted by Crippen LogP contribution is 2.14. The summed E-state index contributed by atoms with van der Waals surface area (Å²) in [4.78, 5) is 18.1. The zero-order valence-electron chi connectivity index (χ0n) is 13.9. The molecule has 2 N–H and O–H groups in total. The van der Waals surface area contributed by atoms with Crippen molar-refractivity contribution in [2.45, 2.75) is 20.4 Å². The van der Waals surface area contributed by atoms with Crippen LogP contribution in [0.4, 0.5) is 0 Å². The molecule has 5 nitrogen and oxygen atoms in total. The van der Waals surface area contributed by atoms with E-state index in [4.69, 9.17) is 0 Å². The van der Waals surface area contributed by atoms with Gasteiger partial charge < -0.3 is 15.5 Å². The van der Waals surface area contributed by atoms with Crippen LogP contribution in [0.2, 0.25) is 0 Å². The van der Waals surface area contributed by atoms with Crippen molar-refractivity contribution in [1.82, 2.24) is 15.5 Å². The van der Waals surface area contributed by atoms with Gasteiger partial charge in [0.15, 0.2) is 5.96 Å². The van der Waals surface area contributed by atoms with E-state index in [0.29, 0.717) is 6.54 Å². The summed E-state index contributed by atoms with van der Waals surface area (Å²) in [5, 5.41) is 5.95. The van der Waals surface area contributed by atoms with E-state index in [1.165, 1.54) is 5.56 Å². The van der Waals surface area contributed by atoms with Gasteiger partial charge in [-0.1, -0.05) is 28.1 Å². The van der Waals surface area contributed by atoms with E-state index in [-0.39, 0.29) is 5.91 Å². The topological polar surface area (TPSA) is 56.7 Å². The number of halogens is 1. The Morgan fingerprint density at radius 2 is 1.91 bits per heavy atom. The molecule has 0 aliphatic carbocycles. The normalized spacial score (nSPS) is 12.0. The molecule has 0 aromatic heterocycles. The standard InChI is InChI=1S/C16H25BrN4O/c1-16(2,14(22)18-3)11-20-15(19-4)21(5)10-12-6-8-13(17)9-7-12/h6-9H,10-11H2,1-5H3,(H,18,22)(H,19,20). The number of carbonyl (C=O) groups excluding carboxylic acids is 1. The first-order valence-corrected chi connectivity index (χ1v) is 7.98. The molecule has 0 aliphatic heterocycles. The predicted molar refractivity (Wildman–Crippen MR) is 94.8 cm³/mol. The average Bonchev–Trinajstić information content (AvgIpc) is 2.49. The molecule has 1 aromatic rings. The largest absolute Gasteiger partial charge is 0.359 e. The lowest BCUT2D eigenvalue weighted by Crippen LogP contribution is -2.47. The summed E-state index contributed by atoms with van der Waals surface area (Å²) in [7, 11) is 5.37. The number of rotatable bonds is 5. The molecule has 0 fully saturated rings. The quantitative estimate of drug-likeness (QED) is 0.618. The summed E-state index contributed by atoms with van der Waals surface area (Å²) in [6.07, 6.45) is 0. The lowest BCUT2D eigenvalue weighted by atomic mass is 9.92. The summed E-state index contributed by atoms with van der Waals surface area (Å²) >= 11 is 3.43. The molecule has 1 rings (SSSR count). The maximum atomic E-state index is 11.8. The Kier molecular flexibility index (Phi) is 6.87. The lowest BCUT2D eigenvalue weighted by Gasteiger charge is -2.27. The summed E-state index contributed by atoms with van der Waals surface area (Å²) in [6.45, 7) is 5.07. The number of nitrogens with zero attached hydrogens (tertiary/aromatic N) is 2. The minimum atomic E-state index is -0.497. The van der Waals surface area contributed by atoms with E-state index in [2.05, 4.69) is 43.7 Å². The first-order chi connectivity index (χ1) is 10.3. The molecule has 22 heavy (non-hydrogen) atoms. The lowest BCUT2D eigenvalue weighted by molar-refractivity contribution is -0.128. The molecule has 0 saturated carbocycles. The van der Waals surface area contributed by atoms with E-state index < -0.39 is 5.41 Å². The van der Waals surface area contributed by atoms with Crippen molar-refractivity contribution < 1.29 is 4.79 Å². The van der Waals surface area contributed by atoms with Crippen LogP contribution in [0.1, 0.15) is 19.4 Å². The third-order valence-electron chi connectivity index (χ3n) is 3.44. The number of amides is 1. The Morgan fingerprint density at radius 1 is 1.32 bits per heavy atom. The van der Waals surface area contributed by atoms with Crippen LogP contribution in [0.25, 0.3) is 0 Å². The van der Waals surface area contributed by atoms with Crippen LogP contribution in [0.15, 0.2) is 33.7 Å². The first kappa shape index (κ1) is 18.5. The fraction of sp³-hybridized carbons (Fsp3) is 0.500. The molecule has 6 heteroatoms. The third kappa shape index (κ3) is 5.33. The molecule has 0 atom stereocenters. The van der Waals surface area contributed by atoms with E-state index in [9.17, 15) is 4.79 Å². The maximum absolute atomic E-state index is 11.8. The number of benzene rings is 1. The van der Waals surface area contributed by atoms with Crippen LogP contribution in [0.5, 0.6) is 0 Å². The Bertz CT molecular complexity index is 525. The van der Waals surface area contributed by atoms with Gasteiger partial charge >= 0.3 is 0 Å². The molecule has 0 spiro atoms. The maximum Gasteiger partial charge on any atom is 0.227 e. The molecule has 0 saturated heterocycles. The Morgan fingerprint density at radius 3 is 2.41 bits per heavy atom. The highest BCUT2D eigenvalue weighted by molar-refractivity contribution is 9.10. The number of nitrogens with one attached hydrogen (secondary N) is 2. The highest BCUT2D eigenvalue weighted by Gasteiger charge is 2.27. The molecular weight excluding hydrogens is 344 g/mol. The van der Waals surface area contributed by atoms with E-state index in [0.717, 1.165) is 17.0 Å². The van der Waals surface area contributed by atoms with Crippen molar-refractivity contribution in [3.8, 4) is 0 Å². The van der Waals surface area contributed by atoms with Crippen LogP contribution in [0, 0.1) is 5.41 Å². The summed E-state index contributed by atoms with van der Waals surface area (Å²) in [6, 6.07) is 8.19. The highest BCUT2D eigenvalue weighted by atomic mass is 79.9. The second-order valence-electron chi connectivity index (χ2n) is 5.85. The molecule has 0 radical (unpaired) electrons. The fourth-order valence-electron chi connectivity index (χ4n) is 2.04. The van der Waals surface area contributed by atoms with Crippen molar-refractivity contribution in [2.24, 2.45) is 10.4 Å². The van der Waals surface area contributed by atoms with Crippen molar-refractivity contribution in [3.05, 3.63) is 34.3 Å². The van der Waals surface area contributed by atoms with Crippen molar-refractivity contribution in [2.75, 3.05) is 27.7 Å². The monoisotopic (exact) mass is 368 g/mol. The minimum Gasteiger partial charge on any atom is -0.359 e. The van der Waals surface area contributed by atoms with Crippen LogP contribution in [-0.2, 0) is 11.3 Å². The predicted octanol–water partition coefficient (Wildman–Crippen LogP) is 2.23. The molecule has 0 unspecified atom stereocenters. The average molecular weight is 369 g/mol. The van der Waals surface area contributed by atoms with Crippen molar-refractivity contribution in [3.63, 3.8) is 0 Å². The van der Waals surface area contributed by atoms with Gasteiger partial charge in [-0.05, 0) is 31.5 Å². The first-order valence-electron chi connectivity index (χ1n) is 7.18. The molecule has 0 bridgehead atoms. The zero-order chi connectivity index (χ0) is 16.8. The van der Waals surface area contributed by atoms with Gasteiger partial charge in [-0.15, -0.1) is 0 Å². The van der Waals surface area contributed by atoms with Gasteiger partial charge in [0.2, 0.25) is 5.91 Å². The summed E-state index contributed by atoms with van der Waals surface area (Å²) in [5.41, 5.74) is 0.697. The molecule has 1 amide bonds. The molecule has 122 valence electrons. The second-order valence-corrected chi connectivity index (χ2v) is 6.76. The fourth-order valence-corrected chi connectivity index (χ4v) is 2.31.